The number of nitrogens with two attached hydrogens (primary N) is 1. The Morgan fingerprint density at radius 3 is 2.29 bits per heavy atom. The van der Waals surface area contributed by atoms with Crippen molar-refractivity contribution in [3.8, 4) is 0 Å². The van der Waals surface area contributed by atoms with Gasteiger partial charge in [0.1, 0.15) is 0 Å². The molecular weight excluding hydrogens is 212 g/mol. The predicted molar refractivity (Wildman–Crippen MR) is 75.2 cm³/mol. The van der Waals surface area contributed by atoms with Crippen LogP contribution in [0.2, 0.25) is 0 Å². The van der Waals surface area contributed by atoms with E-state index in [-0.39, 0.29) is 0 Å². The Hall–Kier alpha value is -0.120. The third-order valence-corrected chi connectivity index (χ3v) is 3.51. The van der Waals surface area contributed by atoms with Crippen LogP contribution in [0.5, 0.6) is 0 Å². The highest BCUT2D eigenvalue weighted by Gasteiger charge is 2.23. The average Bonchev–Trinajstić information content (AvgIpc) is 2.23. The highest BCUT2D eigenvalue weighted by atomic mass is 16.5. The predicted octanol–water partition coefficient (Wildman–Crippen LogP) is 2.36. The Bertz CT molecular complexity index is 178. The summed E-state index contributed by atoms with van der Waals surface area (Å²) >= 11 is 0. The Kier molecular flexibility index (Phi) is 8.83. The van der Waals surface area contributed by atoms with Crippen molar-refractivity contribution < 1.29 is 4.74 Å². The van der Waals surface area contributed by atoms with Gasteiger partial charge in [-0.2, -0.15) is 0 Å². The van der Waals surface area contributed by atoms with E-state index in [1.807, 2.05) is 0 Å². The Morgan fingerprint density at radius 2 is 1.82 bits per heavy atom. The van der Waals surface area contributed by atoms with E-state index in [0.29, 0.717) is 5.41 Å². The van der Waals surface area contributed by atoms with E-state index < -0.39 is 0 Å². The van der Waals surface area contributed by atoms with Gasteiger partial charge in [-0.15, -0.1) is 0 Å². The largest absolute Gasteiger partial charge is 0.383 e. The molecule has 0 saturated carbocycles. The third-order valence-electron chi connectivity index (χ3n) is 3.51. The molecule has 104 valence electrons. The van der Waals surface area contributed by atoms with E-state index >= 15 is 0 Å². The van der Waals surface area contributed by atoms with Crippen LogP contribution >= 0.6 is 0 Å². The molecule has 0 fully saturated rings. The summed E-state index contributed by atoms with van der Waals surface area (Å²) in [5, 5.41) is 0. The highest BCUT2D eigenvalue weighted by Crippen LogP contribution is 2.31. The van der Waals surface area contributed by atoms with E-state index in [1.165, 1.54) is 12.8 Å². The Morgan fingerprint density at radius 1 is 1.18 bits per heavy atom. The molecule has 0 radical (unpaired) electrons. The molecule has 0 aromatic rings. The molecular formula is C14H32N2O. The van der Waals surface area contributed by atoms with E-state index in [4.69, 9.17) is 10.5 Å². The normalized spacial score (nSPS) is 14.3. The topological polar surface area (TPSA) is 38.5 Å². The zero-order valence-electron chi connectivity index (χ0n) is 12.5. The molecule has 0 bridgehead atoms. The molecule has 2 N–H and O–H groups in total. The van der Waals surface area contributed by atoms with Crippen molar-refractivity contribution in [3.05, 3.63) is 0 Å². The molecule has 0 amide bonds. The van der Waals surface area contributed by atoms with Gasteiger partial charge in [0.05, 0.1) is 6.61 Å². The summed E-state index contributed by atoms with van der Waals surface area (Å²) in [6.07, 6.45) is 3.67. The van der Waals surface area contributed by atoms with E-state index in [0.717, 1.165) is 38.6 Å². The fraction of sp³-hybridized carbons (Fsp3) is 1.00. The second-order valence-corrected chi connectivity index (χ2v) is 6.08. The summed E-state index contributed by atoms with van der Waals surface area (Å²) < 4.78 is 5.07. The van der Waals surface area contributed by atoms with Gasteiger partial charge in [-0.05, 0) is 50.7 Å². The summed E-state index contributed by atoms with van der Waals surface area (Å²) in [5.41, 5.74) is 6.08. The van der Waals surface area contributed by atoms with E-state index in [2.05, 4.69) is 32.7 Å². The van der Waals surface area contributed by atoms with Crippen LogP contribution in [-0.4, -0.2) is 45.3 Å². The van der Waals surface area contributed by atoms with Crippen molar-refractivity contribution in [3.63, 3.8) is 0 Å². The molecule has 0 aliphatic carbocycles. The minimum Gasteiger partial charge on any atom is -0.383 e. The minimum atomic E-state index is 0.379. The molecule has 0 aliphatic heterocycles. The van der Waals surface area contributed by atoms with Gasteiger partial charge < -0.3 is 15.4 Å². The monoisotopic (exact) mass is 244 g/mol. The van der Waals surface area contributed by atoms with Gasteiger partial charge in [0.25, 0.3) is 0 Å². The smallest absolute Gasteiger partial charge is 0.0589 e. The SMILES string of the molecule is COCCN(C)CCCC(CCN)C(C)(C)C. The molecule has 0 heterocycles. The number of hydrogen-bond donors (Lipinski definition) is 1. The fourth-order valence-corrected chi connectivity index (χ4v) is 2.18. The molecule has 0 aliphatic rings. The Labute approximate surface area is 108 Å². The minimum absolute atomic E-state index is 0.379. The average molecular weight is 244 g/mol. The first-order valence-corrected chi connectivity index (χ1v) is 6.79. The Balaban J connectivity index is 3.82. The maximum absolute atomic E-state index is 5.70. The molecule has 0 aromatic heterocycles. The first-order chi connectivity index (χ1) is 7.91. The van der Waals surface area contributed by atoms with Gasteiger partial charge in [-0.3, -0.25) is 0 Å². The molecule has 1 atom stereocenters. The van der Waals surface area contributed by atoms with Gasteiger partial charge in [-0.25, -0.2) is 0 Å². The van der Waals surface area contributed by atoms with Crippen molar-refractivity contribution in [2.24, 2.45) is 17.1 Å². The lowest BCUT2D eigenvalue weighted by Gasteiger charge is -2.31. The van der Waals surface area contributed by atoms with Crippen molar-refractivity contribution in [2.75, 3.05) is 40.4 Å². The van der Waals surface area contributed by atoms with E-state index in [1.54, 1.807) is 7.11 Å². The van der Waals surface area contributed by atoms with Crippen molar-refractivity contribution in [1.82, 2.24) is 4.90 Å². The maximum Gasteiger partial charge on any atom is 0.0589 e. The molecule has 3 nitrogen and oxygen atoms in total. The molecule has 0 spiro atoms. The standard InChI is InChI=1S/C14H32N2O/c1-14(2,3)13(8-9-15)7-6-10-16(4)11-12-17-5/h13H,6-12,15H2,1-5H3. The van der Waals surface area contributed by atoms with Crippen LogP contribution in [0, 0.1) is 11.3 Å². The van der Waals surface area contributed by atoms with Crippen molar-refractivity contribution >= 4 is 0 Å². The highest BCUT2D eigenvalue weighted by molar-refractivity contribution is 4.74. The van der Waals surface area contributed by atoms with Gasteiger partial charge in [0.2, 0.25) is 0 Å². The van der Waals surface area contributed by atoms with Gasteiger partial charge >= 0.3 is 0 Å². The summed E-state index contributed by atoms with van der Waals surface area (Å²) in [4.78, 5) is 2.34. The first kappa shape index (κ1) is 16.9. The van der Waals surface area contributed by atoms with Crippen LogP contribution in [-0.2, 0) is 4.74 Å². The summed E-state index contributed by atoms with van der Waals surface area (Å²) in [7, 11) is 3.92. The number of hydrogen-bond acceptors (Lipinski definition) is 3. The molecule has 0 rings (SSSR count). The number of rotatable bonds is 9. The quantitative estimate of drug-likeness (QED) is 0.676. The number of methoxy groups -OCH3 is 1. The summed E-state index contributed by atoms with van der Waals surface area (Å²) in [5.74, 6) is 0.739. The van der Waals surface area contributed by atoms with Crippen LogP contribution in [0.1, 0.15) is 40.0 Å². The molecule has 17 heavy (non-hydrogen) atoms. The molecule has 1 unspecified atom stereocenters. The molecule has 3 heteroatoms. The first-order valence-electron chi connectivity index (χ1n) is 6.79. The lowest BCUT2D eigenvalue weighted by atomic mass is 9.76. The summed E-state index contributed by atoms with van der Waals surface area (Å²) in [6, 6.07) is 0. The fourth-order valence-electron chi connectivity index (χ4n) is 2.18. The van der Waals surface area contributed by atoms with Gasteiger partial charge in [0.15, 0.2) is 0 Å². The number of nitrogens with zero attached hydrogens (tertiary/aromatic N) is 1. The number of likely N-dealkylation sites (N-methyl/N-ethyl adjacent to an activating group) is 1. The third kappa shape index (κ3) is 8.58. The van der Waals surface area contributed by atoms with Crippen LogP contribution < -0.4 is 5.73 Å². The van der Waals surface area contributed by atoms with Gasteiger partial charge in [0, 0.05) is 13.7 Å². The van der Waals surface area contributed by atoms with Crippen molar-refractivity contribution in [1.29, 1.82) is 0 Å². The molecule has 0 saturated heterocycles. The van der Waals surface area contributed by atoms with Crippen LogP contribution in [0.15, 0.2) is 0 Å². The zero-order chi connectivity index (χ0) is 13.3. The lowest BCUT2D eigenvalue weighted by molar-refractivity contribution is 0.154. The lowest BCUT2D eigenvalue weighted by Crippen LogP contribution is -2.27. The maximum atomic E-state index is 5.70. The summed E-state index contributed by atoms with van der Waals surface area (Å²) in [6.45, 7) is 10.8. The van der Waals surface area contributed by atoms with Gasteiger partial charge in [-0.1, -0.05) is 20.8 Å². The molecule has 0 aromatic carbocycles. The van der Waals surface area contributed by atoms with Crippen LogP contribution in [0.4, 0.5) is 0 Å². The van der Waals surface area contributed by atoms with Crippen molar-refractivity contribution in [2.45, 2.75) is 40.0 Å². The van der Waals surface area contributed by atoms with Crippen LogP contribution in [0.25, 0.3) is 0 Å². The number of ether oxygens (including phenoxy) is 1. The second kappa shape index (κ2) is 8.90. The van der Waals surface area contributed by atoms with E-state index in [9.17, 15) is 0 Å². The second-order valence-electron chi connectivity index (χ2n) is 6.08. The zero-order valence-corrected chi connectivity index (χ0v) is 12.5. The van der Waals surface area contributed by atoms with Crippen LogP contribution in [0.3, 0.4) is 0 Å².